The van der Waals surface area contributed by atoms with E-state index in [1.807, 2.05) is 6.92 Å². The van der Waals surface area contributed by atoms with Crippen LogP contribution in [0.5, 0.6) is 0 Å². The van der Waals surface area contributed by atoms with Gasteiger partial charge in [0, 0.05) is 24.5 Å². The number of halogens is 3. The molecule has 0 saturated carbocycles. The number of carbonyl (C=O) groups excluding carboxylic acids is 1. The summed E-state index contributed by atoms with van der Waals surface area (Å²) in [5, 5.41) is 0.00425. The maximum atomic E-state index is 13.2. The Morgan fingerprint density at radius 2 is 2.19 bits per heavy atom. The highest BCUT2D eigenvalue weighted by Gasteiger charge is 2.17. The minimum Gasteiger partial charge on any atom is -0.338 e. The van der Waals surface area contributed by atoms with E-state index in [2.05, 4.69) is 0 Å². The summed E-state index contributed by atoms with van der Waals surface area (Å²) in [4.78, 5) is 13.3. The van der Waals surface area contributed by atoms with Gasteiger partial charge in [0.2, 0.25) is 0 Å². The van der Waals surface area contributed by atoms with Gasteiger partial charge in [-0.05, 0) is 25.1 Å². The van der Waals surface area contributed by atoms with Gasteiger partial charge in [0.05, 0.1) is 5.02 Å². The standard InChI is InChI=1S/C11H12Cl2FNO/c1-7(6-12)15(2)11(16)8-3-4-9(13)10(14)5-8/h3-5,7H,6H2,1-2H3. The van der Waals surface area contributed by atoms with Gasteiger partial charge in [-0.2, -0.15) is 0 Å². The Morgan fingerprint density at radius 1 is 1.56 bits per heavy atom. The zero-order chi connectivity index (χ0) is 12.3. The van der Waals surface area contributed by atoms with Gasteiger partial charge < -0.3 is 4.90 Å². The predicted octanol–water partition coefficient (Wildman–Crippen LogP) is 3.18. The van der Waals surface area contributed by atoms with E-state index in [9.17, 15) is 9.18 Å². The molecule has 0 bridgehead atoms. The summed E-state index contributed by atoms with van der Waals surface area (Å²) in [6, 6.07) is 3.88. The van der Waals surface area contributed by atoms with Crippen molar-refractivity contribution in [2.75, 3.05) is 12.9 Å². The van der Waals surface area contributed by atoms with E-state index in [-0.39, 0.29) is 22.5 Å². The lowest BCUT2D eigenvalue weighted by Crippen LogP contribution is -2.36. The van der Waals surface area contributed by atoms with Crippen molar-refractivity contribution < 1.29 is 9.18 Å². The SMILES string of the molecule is CC(CCl)N(C)C(=O)c1ccc(Cl)c(F)c1. The number of benzene rings is 1. The lowest BCUT2D eigenvalue weighted by Gasteiger charge is -2.23. The van der Waals surface area contributed by atoms with Crippen LogP contribution in [0.3, 0.4) is 0 Å². The molecule has 0 aliphatic rings. The van der Waals surface area contributed by atoms with Gasteiger partial charge >= 0.3 is 0 Å². The summed E-state index contributed by atoms with van der Waals surface area (Å²) < 4.78 is 13.2. The van der Waals surface area contributed by atoms with E-state index >= 15 is 0 Å². The van der Waals surface area contributed by atoms with Gasteiger partial charge in [-0.15, -0.1) is 11.6 Å². The lowest BCUT2D eigenvalue weighted by molar-refractivity contribution is 0.0756. The molecular weight excluding hydrogens is 252 g/mol. The van der Waals surface area contributed by atoms with Crippen LogP contribution in [-0.2, 0) is 0 Å². The Morgan fingerprint density at radius 3 is 2.69 bits per heavy atom. The van der Waals surface area contributed by atoms with Gasteiger partial charge in [-0.1, -0.05) is 11.6 Å². The molecule has 1 atom stereocenters. The zero-order valence-corrected chi connectivity index (χ0v) is 10.5. The Labute approximate surface area is 104 Å². The molecule has 16 heavy (non-hydrogen) atoms. The van der Waals surface area contributed by atoms with Crippen molar-refractivity contribution in [1.82, 2.24) is 4.90 Å². The molecule has 0 aliphatic carbocycles. The largest absolute Gasteiger partial charge is 0.338 e. The fourth-order valence-corrected chi connectivity index (χ4v) is 1.46. The van der Waals surface area contributed by atoms with Crippen molar-refractivity contribution in [1.29, 1.82) is 0 Å². The highest BCUT2D eigenvalue weighted by atomic mass is 35.5. The summed E-state index contributed by atoms with van der Waals surface area (Å²) >= 11 is 11.2. The average molecular weight is 264 g/mol. The number of nitrogens with zero attached hydrogens (tertiary/aromatic N) is 1. The molecule has 1 rings (SSSR count). The molecule has 2 nitrogen and oxygen atoms in total. The number of rotatable bonds is 3. The number of carbonyl (C=O) groups is 1. The molecule has 1 unspecified atom stereocenters. The van der Waals surface area contributed by atoms with Gasteiger partial charge in [-0.3, -0.25) is 4.79 Å². The molecule has 0 spiro atoms. The minimum absolute atomic E-state index is 0.00425. The summed E-state index contributed by atoms with van der Waals surface area (Å²) in [6.45, 7) is 1.82. The first kappa shape index (κ1) is 13.3. The van der Waals surface area contributed by atoms with Crippen molar-refractivity contribution in [3.8, 4) is 0 Å². The van der Waals surface area contributed by atoms with Crippen molar-refractivity contribution in [2.24, 2.45) is 0 Å². The van der Waals surface area contributed by atoms with E-state index in [1.165, 1.54) is 17.0 Å². The van der Waals surface area contributed by atoms with Crippen LogP contribution < -0.4 is 0 Å². The van der Waals surface area contributed by atoms with Crippen LogP contribution in [0.1, 0.15) is 17.3 Å². The van der Waals surface area contributed by atoms with Gasteiger partial charge in [0.1, 0.15) is 5.82 Å². The normalized spacial score (nSPS) is 12.3. The second-order valence-corrected chi connectivity index (χ2v) is 4.26. The van der Waals surface area contributed by atoms with Crippen LogP contribution in [0.15, 0.2) is 18.2 Å². The molecule has 0 heterocycles. The Hall–Kier alpha value is -0.800. The quantitative estimate of drug-likeness (QED) is 0.768. The number of alkyl halides is 1. The van der Waals surface area contributed by atoms with Crippen LogP contribution in [0.25, 0.3) is 0 Å². The first-order valence-electron chi connectivity index (χ1n) is 4.75. The topological polar surface area (TPSA) is 20.3 Å². The molecule has 1 aromatic rings. The van der Waals surface area contributed by atoms with Crippen molar-refractivity contribution in [3.05, 3.63) is 34.6 Å². The summed E-state index contributed by atoms with van der Waals surface area (Å²) in [5.74, 6) is -0.540. The third-order valence-electron chi connectivity index (χ3n) is 2.37. The highest BCUT2D eigenvalue weighted by molar-refractivity contribution is 6.30. The third-order valence-corrected chi connectivity index (χ3v) is 3.12. The Balaban J connectivity index is 2.92. The molecule has 1 amide bonds. The first-order valence-corrected chi connectivity index (χ1v) is 5.66. The molecule has 0 N–H and O–H groups in total. The van der Waals surface area contributed by atoms with Crippen molar-refractivity contribution in [2.45, 2.75) is 13.0 Å². The highest BCUT2D eigenvalue weighted by Crippen LogP contribution is 2.17. The molecule has 1 aromatic carbocycles. The molecule has 0 aliphatic heterocycles. The van der Waals surface area contributed by atoms with Crippen LogP contribution >= 0.6 is 23.2 Å². The molecule has 5 heteroatoms. The minimum atomic E-state index is -0.598. The lowest BCUT2D eigenvalue weighted by atomic mass is 10.2. The van der Waals surface area contributed by atoms with Gasteiger partial charge in [0.15, 0.2) is 0 Å². The first-order chi connectivity index (χ1) is 7.47. The van der Waals surface area contributed by atoms with Crippen LogP contribution in [-0.4, -0.2) is 29.8 Å². The van der Waals surface area contributed by atoms with E-state index in [0.29, 0.717) is 5.88 Å². The Kier molecular flexibility index (Phi) is 4.56. The maximum Gasteiger partial charge on any atom is 0.253 e. The predicted molar refractivity (Wildman–Crippen MR) is 63.7 cm³/mol. The number of hydrogen-bond acceptors (Lipinski definition) is 1. The average Bonchev–Trinajstić information content (AvgIpc) is 2.29. The summed E-state index contributed by atoms with van der Waals surface area (Å²) in [5.41, 5.74) is 0.265. The number of amides is 1. The van der Waals surface area contributed by atoms with Gasteiger partial charge in [0.25, 0.3) is 5.91 Å². The van der Waals surface area contributed by atoms with E-state index < -0.39 is 5.82 Å². The molecule has 88 valence electrons. The maximum absolute atomic E-state index is 13.2. The fourth-order valence-electron chi connectivity index (χ4n) is 1.14. The molecule has 0 saturated heterocycles. The molecule has 0 radical (unpaired) electrons. The molecular formula is C11H12Cl2FNO. The second kappa shape index (κ2) is 5.51. The fraction of sp³-hybridized carbons (Fsp3) is 0.364. The zero-order valence-electron chi connectivity index (χ0n) is 9.01. The van der Waals surface area contributed by atoms with Crippen molar-refractivity contribution >= 4 is 29.1 Å². The number of hydrogen-bond donors (Lipinski definition) is 0. The smallest absolute Gasteiger partial charge is 0.253 e. The van der Waals surface area contributed by atoms with Crippen LogP contribution in [0, 0.1) is 5.82 Å². The monoisotopic (exact) mass is 263 g/mol. The molecule has 0 aromatic heterocycles. The van der Waals surface area contributed by atoms with Crippen LogP contribution in [0.4, 0.5) is 4.39 Å². The Bertz CT molecular complexity index is 398. The van der Waals surface area contributed by atoms with Crippen molar-refractivity contribution in [3.63, 3.8) is 0 Å². The molecule has 0 fully saturated rings. The summed E-state index contributed by atoms with van der Waals surface area (Å²) in [6.07, 6.45) is 0. The van der Waals surface area contributed by atoms with E-state index in [0.717, 1.165) is 6.07 Å². The summed E-state index contributed by atoms with van der Waals surface area (Å²) in [7, 11) is 1.63. The second-order valence-electron chi connectivity index (χ2n) is 3.55. The van der Waals surface area contributed by atoms with Gasteiger partial charge in [-0.25, -0.2) is 4.39 Å². The van der Waals surface area contributed by atoms with E-state index in [1.54, 1.807) is 7.05 Å². The van der Waals surface area contributed by atoms with Crippen LogP contribution in [0.2, 0.25) is 5.02 Å². The van der Waals surface area contributed by atoms with E-state index in [4.69, 9.17) is 23.2 Å². The third kappa shape index (κ3) is 2.86.